The van der Waals surface area contributed by atoms with Gasteiger partial charge >= 0.3 is 0 Å². The van der Waals surface area contributed by atoms with Crippen LogP contribution < -0.4 is 0 Å². The predicted octanol–water partition coefficient (Wildman–Crippen LogP) is 6.63. The summed E-state index contributed by atoms with van der Waals surface area (Å²) in [5.74, 6) is 0. The van der Waals surface area contributed by atoms with Crippen LogP contribution in [0, 0.1) is 10.8 Å². The molecule has 0 aliphatic carbocycles. The van der Waals surface area contributed by atoms with Crippen LogP contribution in [-0.2, 0) is 11.8 Å². The largest absolute Gasteiger partial charge is 0.0683 e. The lowest BCUT2D eigenvalue weighted by Crippen LogP contribution is -2.34. The average molecular weight is 277 g/mol. The van der Waals surface area contributed by atoms with Crippen LogP contribution in [0.4, 0.5) is 0 Å². The van der Waals surface area contributed by atoms with Crippen LogP contribution in [0.2, 0.25) is 0 Å². The SMILES string of the molecule is CC.CC(C)(C)Cc1cccc(C(C)(C)C(C)(C)C)c1. The van der Waals surface area contributed by atoms with E-state index in [4.69, 9.17) is 0 Å². The minimum atomic E-state index is 0.195. The topological polar surface area (TPSA) is 0 Å². The second-order valence-corrected chi connectivity index (χ2v) is 8.31. The van der Waals surface area contributed by atoms with Crippen molar-refractivity contribution in [2.45, 2.75) is 81.1 Å². The first kappa shape index (κ1) is 19.2. The quantitative estimate of drug-likeness (QED) is 0.569. The van der Waals surface area contributed by atoms with Crippen molar-refractivity contribution in [1.82, 2.24) is 0 Å². The molecule has 1 rings (SSSR count). The molecule has 0 amide bonds. The summed E-state index contributed by atoms with van der Waals surface area (Å²) in [5, 5.41) is 0. The Labute approximate surface area is 128 Å². The summed E-state index contributed by atoms with van der Waals surface area (Å²) >= 11 is 0. The van der Waals surface area contributed by atoms with E-state index in [9.17, 15) is 0 Å². The van der Waals surface area contributed by atoms with Gasteiger partial charge in [0.2, 0.25) is 0 Å². The molecule has 1 aromatic carbocycles. The van der Waals surface area contributed by atoms with Crippen molar-refractivity contribution in [2.24, 2.45) is 10.8 Å². The van der Waals surface area contributed by atoms with Crippen LogP contribution in [-0.4, -0.2) is 0 Å². The molecule has 0 bridgehead atoms. The van der Waals surface area contributed by atoms with Crippen molar-refractivity contribution in [1.29, 1.82) is 0 Å². The molecule has 116 valence electrons. The van der Waals surface area contributed by atoms with E-state index in [1.165, 1.54) is 11.1 Å². The Hall–Kier alpha value is -0.780. The summed E-state index contributed by atoms with van der Waals surface area (Å²) in [6.07, 6.45) is 1.14. The molecule has 0 radical (unpaired) electrons. The fourth-order valence-corrected chi connectivity index (χ4v) is 2.12. The lowest BCUT2D eigenvalue weighted by Gasteiger charge is -2.39. The van der Waals surface area contributed by atoms with Crippen LogP contribution >= 0.6 is 0 Å². The molecule has 0 aliphatic rings. The lowest BCUT2D eigenvalue weighted by molar-refractivity contribution is 0.225. The van der Waals surface area contributed by atoms with Gasteiger partial charge in [0.05, 0.1) is 0 Å². The molecule has 0 atom stereocenters. The summed E-state index contributed by atoms with van der Waals surface area (Å²) in [5.41, 5.74) is 3.73. The van der Waals surface area contributed by atoms with Crippen molar-refractivity contribution in [3.63, 3.8) is 0 Å². The van der Waals surface area contributed by atoms with Gasteiger partial charge in [-0.15, -0.1) is 0 Å². The molecule has 0 saturated carbocycles. The van der Waals surface area contributed by atoms with E-state index in [-0.39, 0.29) is 10.8 Å². The monoisotopic (exact) mass is 276 g/mol. The van der Waals surface area contributed by atoms with E-state index in [0.717, 1.165) is 6.42 Å². The van der Waals surface area contributed by atoms with Gasteiger partial charge < -0.3 is 0 Å². The molecule has 0 spiro atoms. The fraction of sp³-hybridized carbons (Fsp3) is 0.700. The molecular formula is C20H36. The van der Waals surface area contributed by atoms with E-state index < -0.39 is 0 Å². The van der Waals surface area contributed by atoms with Gasteiger partial charge in [0, 0.05) is 0 Å². The van der Waals surface area contributed by atoms with Crippen molar-refractivity contribution < 1.29 is 0 Å². The van der Waals surface area contributed by atoms with Crippen molar-refractivity contribution in [3.8, 4) is 0 Å². The van der Waals surface area contributed by atoms with E-state index in [0.29, 0.717) is 5.41 Å². The Balaban J connectivity index is 0.00000172. The van der Waals surface area contributed by atoms with Crippen LogP contribution in [0.5, 0.6) is 0 Å². The minimum Gasteiger partial charge on any atom is -0.0683 e. The molecule has 0 nitrogen and oxygen atoms in total. The lowest BCUT2D eigenvalue weighted by atomic mass is 9.65. The van der Waals surface area contributed by atoms with Crippen molar-refractivity contribution in [3.05, 3.63) is 35.4 Å². The summed E-state index contributed by atoms with van der Waals surface area (Å²) in [6, 6.07) is 9.14. The Morgan fingerprint density at radius 1 is 0.800 bits per heavy atom. The highest BCUT2D eigenvalue weighted by Crippen LogP contribution is 2.41. The third kappa shape index (κ3) is 5.31. The highest BCUT2D eigenvalue weighted by molar-refractivity contribution is 5.31. The molecule has 0 aliphatic heterocycles. The number of hydrogen-bond acceptors (Lipinski definition) is 0. The van der Waals surface area contributed by atoms with Gasteiger partial charge in [-0.1, -0.05) is 93.5 Å². The molecule has 0 fully saturated rings. The summed E-state index contributed by atoms with van der Waals surface area (Å²) in [7, 11) is 0. The Morgan fingerprint density at radius 3 is 1.70 bits per heavy atom. The van der Waals surface area contributed by atoms with Gasteiger partial charge in [-0.05, 0) is 33.8 Å². The van der Waals surface area contributed by atoms with Gasteiger partial charge in [0.25, 0.3) is 0 Å². The normalized spacial score (nSPS) is 12.7. The standard InChI is InChI=1S/C18H30.C2H6/c1-16(2,3)13-14-10-9-11-15(12-14)18(7,8)17(4,5)6;1-2/h9-12H,13H2,1-8H3;1-2H3. The number of hydrogen-bond donors (Lipinski definition) is 0. The van der Waals surface area contributed by atoms with Crippen molar-refractivity contribution in [2.75, 3.05) is 0 Å². The Morgan fingerprint density at radius 2 is 1.30 bits per heavy atom. The Bertz CT molecular complexity index is 397. The summed E-state index contributed by atoms with van der Waals surface area (Å²) in [4.78, 5) is 0. The number of benzene rings is 1. The summed E-state index contributed by atoms with van der Waals surface area (Å²) in [6.45, 7) is 22.6. The first-order chi connectivity index (χ1) is 8.93. The molecule has 1 aromatic rings. The number of rotatable bonds is 2. The third-order valence-corrected chi connectivity index (χ3v) is 4.26. The van der Waals surface area contributed by atoms with Gasteiger partial charge in [0.1, 0.15) is 0 Å². The van der Waals surface area contributed by atoms with E-state index in [1.807, 2.05) is 13.8 Å². The zero-order valence-corrected chi connectivity index (χ0v) is 15.5. The fourth-order valence-electron chi connectivity index (χ4n) is 2.12. The first-order valence-electron chi connectivity index (χ1n) is 8.03. The molecule has 0 N–H and O–H groups in total. The smallest absolute Gasteiger partial charge is 0.00550 e. The molecular weight excluding hydrogens is 240 g/mol. The van der Waals surface area contributed by atoms with Crippen LogP contribution in [0.25, 0.3) is 0 Å². The molecule has 0 heteroatoms. The average Bonchev–Trinajstić information content (AvgIpc) is 2.28. The van der Waals surface area contributed by atoms with E-state index >= 15 is 0 Å². The maximum Gasteiger partial charge on any atom is -0.00550 e. The zero-order valence-electron chi connectivity index (χ0n) is 15.5. The van der Waals surface area contributed by atoms with E-state index in [2.05, 4.69) is 79.7 Å². The maximum atomic E-state index is 2.40. The molecule has 20 heavy (non-hydrogen) atoms. The predicted molar refractivity (Wildman–Crippen MR) is 93.4 cm³/mol. The van der Waals surface area contributed by atoms with Gasteiger partial charge in [-0.3, -0.25) is 0 Å². The van der Waals surface area contributed by atoms with Gasteiger partial charge in [-0.25, -0.2) is 0 Å². The molecule has 0 aromatic heterocycles. The molecule has 0 unspecified atom stereocenters. The molecule has 0 heterocycles. The zero-order chi connectivity index (χ0) is 16.2. The van der Waals surface area contributed by atoms with Crippen LogP contribution in [0.15, 0.2) is 24.3 Å². The van der Waals surface area contributed by atoms with Crippen LogP contribution in [0.1, 0.15) is 80.4 Å². The minimum absolute atomic E-state index is 0.195. The Kier molecular flexibility index (Phi) is 6.52. The van der Waals surface area contributed by atoms with E-state index in [1.54, 1.807) is 0 Å². The third-order valence-electron chi connectivity index (χ3n) is 4.26. The second kappa shape index (κ2) is 6.78. The van der Waals surface area contributed by atoms with Gasteiger partial charge in [0.15, 0.2) is 0 Å². The second-order valence-electron chi connectivity index (χ2n) is 8.31. The van der Waals surface area contributed by atoms with Gasteiger partial charge in [-0.2, -0.15) is 0 Å². The molecule has 0 saturated heterocycles. The highest BCUT2D eigenvalue weighted by Gasteiger charge is 2.34. The van der Waals surface area contributed by atoms with Crippen molar-refractivity contribution >= 4 is 0 Å². The highest BCUT2D eigenvalue weighted by atomic mass is 14.4. The first-order valence-corrected chi connectivity index (χ1v) is 8.03. The summed E-state index contributed by atoms with van der Waals surface area (Å²) < 4.78 is 0. The maximum absolute atomic E-state index is 2.40. The van der Waals surface area contributed by atoms with Crippen LogP contribution in [0.3, 0.4) is 0 Å².